The molecule has 112 valence electrons. The quantitative estimate of drug-likeness (QED) is 0.861. The standard InChI is InChI=1S/C12H8ClF4N3O/c1-20-5-7(10(19-20)12(15,16)17)11(21)18-9-4-6(13)2-3-8(9)14/h2-5H,1H3,(H,18,21). The van der Waals surface area contributed by atoms with Gasteiger partial charge in [-0.2, -0.15) is 18.3 Å². The van der Waals surface area contributed by atoms with Crippen molar-refractivity contribution in [3.8, 4) is 0 Å². The second kappa shape index (κ2) is 5.36. The van der Waals surface area contributed by atoms with E-state index in [2.05, 4.69) is 5.10 Å². The van der Waals surface area contributed by atoms with E-state index in [9.17, 15) is 22.4 Å². The number of hydrogen-bond acceptors (Lipinski definition) is 2. The number of nitrogens with one attached hydrogen (secondary N) is 1. The molecule has 0 saturated heterocycles. The fourth-order valence-electron chi connectivity index (χ4n) is 1.65. The second-order valence-corrected chi connectivity index (χ2v) is 4.58. The normalized spacial score (nSPS) is 11.5. The van der Waals surface area contributed by atoms with E-state index in [0.717, 1.165) is 23.0 Å². The van der Waals surface area contributed by atoms with Crippen LogP contribution in [-0.4, -0.2) is 15.7 Å². The summed E-state index contributed by atoms with van der Waals surface area (Å²) >= 11 is 5.64. The Morgan fingerprint density at radius 2 is 2.05 bits per heavy atom. The van der Waals surface area contributed by atoms with Crippen LogP contribution >= 0.6 is 11.6 Å². The lowest BCUT2D eigenvalue weighted by Gasteiger charge is -2.08. The first-order valence-corrected chi connectivity index (χ1v) is 5.93. The molecule has 1 aromatic carbocycles. The minimum atomic E-state index is -4.79. The summed E-state index contributed by atoms with van der Waals surface area (Å²) in [6.07, 6.45) is -3.89. The van der Waals surface area contributed by atoms with Gasteiger partial charge in [0.15, 0.2) is 5.69 Å². The molecule has 0 unspecified atom stereocenters. The number of aromatic nitrogens is 2. The molecule has 1 aromatic heterocycles. The zero-order valence-electron chi connectivity index (χ0n) is 10.5. The summed E-state index contributed by atoms with van der Waals surface area (Å²) in [6.45, 7) is 0. The van der Waals surface area contributed by atoms with Gasteiger partial charge >= 0.3 is 6.18 Å². The van der Waals surface area contributed by atoms with Gasteiger partial charge in [0.05, 0.1) is 11.3 Å². The molecular weight excluding hydrogens is 314 g/mol. The lowest BCUT2D eigenvalue weighted by Crippen LogP contribution is -2.18. The van der Waals surface area contributed by atoms with Gasteiger partial charge < -0.3 is 5.32 Å². The predicted molar refractivity (Wildman–Crippen MR) is 67.6 cm³/mol. The van der Waals surface area contributed by atoms with Gasteiger partial charge in [-0.3, -0.25) is 9.48 Å². The fourth-order valence-corrected chi connectivity index (χ4v) is 1.82. The Morgan fingerprint density at radius 3 is 2.67 bits per heavy atom. The molecule has 1 heterocycles. The number of carbonyl (C=O) groups is 1. The second-order valence-electron chi connectivity index (χ2n) is 4.14. The van der Waals surface area contributed by atoms with Crippen LogP contribution in [-0.2, 0) is 13.2 Å². The lowest BCUT2D eigenvalue weighted by atomic mass is 10.2. The molecule has 21 heavy (non-hydrogen) atoms. The van der Waals surface area contributed by atoms with Crippen LogP contribution in [0.2, 0.25) is 5.02 Å². The minimum absolute atomic E-state index is 0.133. The minimum Gasteiger partial charge on any atom is -0.319 e. The first kappa shape index (κ1) is 15.3. The van der Waals surface area contributed by atoms with Gasteiger partial charge in [0, 0.05) is 18.3 Å². The van der Waals surface area contributed by atoms with Gasteiger partial charge in [-0.05, 0) is 18.2 Å². The molecule has 0 radical (unpaired) electrons. The van der Waals surface area contributed by atoms with Gasteiger partial charge in [0.25, 0.3) is 5.91 Å². The highest BCUT2D eigenvalue weighted by molar-refractivity contribution is 6.31. The molecule has 2 aromatic rings. The molecule has 0 atom stereocenters. The average molecular weight is 322 g/mol. The van der Waals surface area contributed by atoms with E-state index < -0.39 is 29.2 Å². The van der Waals surface area contributed by atoms with E-state index >= 15 is 0 Å². The van der Waals surface area contributed by atoms with Crippen LogP contribution < -0.4 is 5.32 Å². The Morgan fingerprint density at radius 1 is 1.38 bits per heavy atom. The molecule has 1 N–H and O–H groups in total. The third kappa shape index (κ3) is 3.33. The zero-order chi connectivity index (χ0) is 15.8. The van der Waals surface area contributed by atoms with E-state index in [4.69, 9.17) is 11.6 Å². The van der Waals surface area contributed by atoms with Gasteiger partial charge in [-0.15, -0.1) is 0 Å². The average Bonchev–Trinajstić information content (AvgIpc) is 2.76. The molecule has 9 heteroatoms. The lowest BCUT2D eigenvalue weighted by molar-refractivity contribution is -0.141. The van der Waals surface area contributed by atoms with Gasteiger partial charge in [-0.25, -0.2) is 4.39 Å². The molecule has 0 saturated carbocycles. The number of amides is 1. The van der Waals surface area contributed by atoms with Crippen molar-refractivity contribution in [1.82, 2.24) is 9.78 Å². The number of alkyl halides is 3. The van der Waals surface area contributed by atoms with E-state index in [0.29, 0.717) is 0 Å². The SMILES string of the molecule is Cn1cc(C(=O)Nc2cc(Cl)ccc2F)c(C(F)(F)F)n1. The highest BCUT2D eigenvalue weighted by atomic mass is 35.5. The van der Waals surface area contributed by atoms with Gasteiger partial charge in [-0.1, -0.05) is 11.6 Å². The highest BCUT2D eigenvalue weighted by Crippen LogP contribution is 2.31. The number of halogens is 5. The first-order chi connectivity index (χ1) is 9.68. The van der Waals surface area contributed by atoms with Crippen LogP contribution in [0.1, 0.15) is 16.1 Å². The van der Waals surface area contributed by atoms with Crippen molar-refractivity contribution in [3.05, 3.63) is 46.5 Å². The molecule has 0 aliphatic carbocycles. The van der Waals surface area contributed by atoms with E-state index in [1.807, 2.05) is 5.32 Å². The topological polar surface area (TPSA) is 46.9 Å². The van der Waals surface area contributed by atoms with Crippen molar-refractivity contribution in [1.29, 1.82) is 0 Å². The summed E-state index contributed by atoms with van der Waals surface area (Å²) in [5.41, 5.74) is -2.36. The molecule has 0 bridgehead atoms. The van der Waals surface area contributed by atoms with Crippen molar-refractivity contribution in [3.63, 3.8) is 0 Å². The Balaban J connectivity index is 2.35. The van der Waals surface area contributed by atoms with Crippen LogP contribution in [0.3, 0.4) is 0 Å². The first-order valence-electron chi connectivity index (χ1n) is 5.55. The van der Waals surface area contributed by atoms with E-state index in [-0.39, 0.29) is 10.7 Å². The summed E-state index contributed by atoms with van der Waals surface area (Å²) in [7, 11) is 1.24. The maximum absolute atomic E-state index is 13.5. The summed E-state index contributed by atoms with van der Waals surface area (Å²) in [5.74, 6) is -1.94. The number of rotatable bonds is 2. The maximum Gasteiger partial charge on any atom is 0.435 e. The monoisotopic (exact) mass is 321 g/mol. The summed E-state index contributed by atoms with van der Waals surface area (Å²) in [5, 5.41) is 5.37. The molecule has 0 spiro atoms. The number of carbonyl (C=O) groups excluding carboxylic acids is 1. The third-order valence-corrected chi connectivity index (χ3v) is 2.75. The summed E-state index contributed by atoms with van der Waals surface area (Å²) in [6, 6.07) is 3.34. The van der Waals surface area contributed by atoms with Crippen LogP contribution in [0.15, 0.2) is 24.4 Å². The number of hydrogen-bond donors (Lipinski definition) is 1. The number of anilines is 1. The van der Waals surface area contributed by atoms with E-state index in [1.165, 1.54) is 13.1 Å². The Hall–Kier alpha value is -2.09. The van der Waals surface area contributed by atoms with Crippen molar-refractivity contribution in [2.45, 2.75) is 6.18 Å². The Bertz CT molecular complexity index is 696. The van der Waals surface area contributed by atoms with Crippen LogP contribution in [0, 0.1) is 5.82 Å². The molecule has 0 aliphatic rings. The van der Waals surface area contributed by atoms with Crippen molar-refractivity contribution in [2.24, 2.45) is 7.05 Å². The number of nitrogens with zero attached hydrogens (tertiary/aromatic N) is 2. The maximum atomic E-state index is 13.5. The fraction of sp³-hybridized carbons (Fsp3) is 0.167. The smallest absolute Gasteiger partial charge is 0.319 e. The van der Waals surface area contributed by atoms with Crippen molar-refractivity contribution >= 4 is 23.2 Å². The number of aryl methyl sites for hydroxylation is 1. The molecule has 0 aliphatic heterocycles. The third-order valence-electron chi connectivity index (χ3n) is 2.52. The van der Waals surface area contributed by atoms with Crippen LogP contribution in [0.4, 0.5) is 23.2 Å². The van der Waals surface area contributed by atoms with E-state index in [1.54, 1.807) is 0 Å². The number of benzene rings is 1. The Labute approximate surface area is 121 Å². The molecule has 4 nitrogen and oxygen atoms in total. The zero-order valence-corrected chi connectivity index (χ0v) is 11.3. The van der Waals surface area contributed by atoms with Crippen molar-refractivity contribution < 1.29 is 22.4 Å². The van der Waals surface area contributed by atoms with Crippen molar-refractivity contribution in [2.75, 3.05) is 5.32 Å². The molecule has 2 rings (SSSR count). The predicted octanol–water partition coefficient (Wildman–Crippen LogP) is 3.48. The van der Waals surface area contributed by atoms with Crippen LogP contribution in [0.5, 0.6) is 0 Å². The van der Waals surface area contributed by atoms with Gasteiger partial charge in [0.1, 0.15) is 5.82 Å². The molecular formula is C12H8ClF4N3O. The summed E-state index contributed by atoms with van der Waals surface area (Å²) in [4.78, 5) is 11.9. The summed E-state index contributed by atoms with van der Waals surface area (Å²) < 4.78 is 52.6. The highest BCUT2D eigenvalue weighted by Gasteiger charge is 2.39. The molecule has 0 fully saturated rings. The van der Waals surface area contributed by atoms with Crippen LogP contribution in [0.25, 0.3) is 0 Å². The molecule has 1 amide bonds. The Kier molecular flexibility index (Phi) is 3.91. The largest absolute Gasteiger partial charge is 0.435 e. The van der Waals surface area contributed by atoms with Gasteiger partial charge in [0.2, 0.25) is 0 Å².